The molecule has 0 fully saturated rings. The van der Waals surface area contributed by atoms with Crippen molar-refractivity contribution in [3.63, 3.8) is 0 Å². The molecule has 1 aromatic rings. The Balaban J connectivity index is 2.27. The highest BCUT2D eigenvalue weighted by Gasteiger charge is 1.99. The van der Waals surface area contributed by atoms with Crippen LogP contribution in [0.25, 0.3) is 0 Å². The Bertz CT molecular complexity index is 223. The number of hydrogen-bond acceptors (Lipinski definition) is 2. The SMILES string of the molecule is CCCC(C)NSc1[c]cccc1. The van der Waals surface area contributed by atoms with E-state index in [9.17, 15) is 0 Å². The van der Waals surface area contributed by atoms with Gasteiger partial charge in [0.2, 0.25) is 0 Å². The number of nitrogens with one attached hydrogen (secondary N) is 1. The fourth-order valence-corrected chi connectivity index (χ4v) is 1.82. The van der Waals surface area contributed by atoms with Crippen molar-refractivity contribution < 1.29 is 0 Å². The van der Waals surface area contributed by atoms with E-state index in [0.717, 1.165) is 4.90 Å². The van der Waals surface area contributed by atoms with E-state index < -0.39 is 0 Å². The van der Waals surface area contributed by atoms with Crippen LogP contribution in [-0.2, 0) is 0 Å². The minimum Gasteiger partial charge on any atom is -0.257 e. The maximum Gasteiger partial charge on any atom is 0.0307 e. The molecule has 0 aliphatic rings. The molecular formula is C11H16NS. The molecule has 0 amide bonds. The first-order valence-electron chi connectivity index (χ1n) is 4.72. The number of rotatable bonds is 5. The highest BCUT2D eigenvalue weighted by atomic mass is 32.2. The Labute approximate surface area is 85.1 Å². The second-order valence-electron chi connectivity index (χ2n) is 3.14. The molecule has 1 unspecified atom stereocenters. The third kappa shape index (κ3) is 4.34. The molecular weight excluding hydrogens is 178 g/mol. The Kier molecular flexibility index (Phi) is 4.94. The molecule has 0 saturated carbocycles. The van der Waals surface area contributed by atoms with Crippen molar-refractivity contribution >= 4 is 11.9 Å². The van der Waals surface area contributed by atoms with Gasteiger partial charge in [0.15, 0.2) is 0 Å². The third-order valence-corrected chi connectivity index (χ3v) is 2.77. The summed E-state index contributed by atoms with van der Waals surface area (Å²) < 4.78 is 3.39. The van der Waals surface area contributed by atoms with Crippen molar-refractivity contribution in [2.75, 3.05) is 0 Å². The molecule has 0 bridgehead atoms. The lowest BCUT2D eigenvalue weighted by Crippen LogP contribution is -2.18. The molecule has 1 aromatic carbocycles. The maximum absolute atomic E-state index is 3.39. The minimum atomic E-state index is 0.573. The van der Waals surface area contributed by atoms with Gasteiger partial charge in [-0.15, -0.1) is 0 Å². The van der Waals surface area contributed by atoms with Crippen molar-refractivity contribution in [3.8, 4) is 0 Å². The standard InChI is InChI=1S/C11H16NS/c1-3-7-10(2)12-13-11-8-5-4-6-9-11/h4-6,8,10,12H,3,7H2,1-2H3. The van der Waals surface area contributed by atoms with Gasteiger partial charge in [-0.3, -0.25) is 4.72 Å². The van der Waals surface area contributed by atoms with Gasteiger partial charge >= 0.3 is 0 Å². The zero-order chi connectivity index (χ0) is 9.52. The van der Waals surface area contributed by atoms with Crippen molar-refractivity contribution in [2.45, 2.75) is 37.6 Å². The van der Waals surface area contributed by atoms with Crippen LogP contribution >= 0.6 is 11.9 Å². The largest absolute Gasteiger partial charge is 0.257 e. The van der Waals surface area contributed by atoms with Crippen LogP contribution in [-0.4, -0.2) is 6.04 Å². The van der Waals surface area contributed by atoms with E-state index in [1.807, 2.05) is 18.2 Å². The van der Waals surface area contributed by atoms with E-state index in [1.165, 1.54) is 12.8 Å². The molecule has 13 heavy (non-hydrogen) atoms. The average molecular weight is 194 g/mol. The van der Waals surface area contributed by atoms with Crippen molar-refractivity contribution in [1.29, 1.82) is 0 Å². The fraction of sp³-hybridized carbons (Fsp3) is 0.455. The van der Waals surface area contributed by atoms with E-state index in [2.05, 4.69) is 30.7 Å². The summed E-state index contributed by atoms with van der Waals surface area (Å²) in [5.41, 5.74) is 0. The molecule has 0 saturated heterocycles. The molecule has 1 rings (SSSR count). The summed E-state index contributed by atoms with van der Waals surface area (Å²) in [4.78, 5) is 1.16. The van der Waals surface area contributed by atoms with Crippen LogP contribution in [0.1, 0.15) is 26.7 Å². The predicted molar refractivity (Wildman–Crippen MR) is 58.6 cm³/mol. The molecule has 0 heterocycles. The van der Waals surface area contributed by atoms with E-state index >= 15 is 0 Å². The van der Waals surface area contributed by atoms with Gasteiger partial charge in [0.05, 0.1) is 0 Å². The summed E-state index contributed by atoms with van der Waals surface area (Å²) in [6.07, 6.45) is 2.45. The first kappa shape index (κ1) is 10.6. The fourth-order valence-electron chi connectivity index (χ4n) is 1.10. The van der Waals surface area contributed by atoms with Crippen molar-refractivity contribution in [3.05, 3.63) is 30.3 Å². The second-order valence-corrected chi connectivity index (χ2v) is 4.02. The highest BCUT2D eigenvalue weighted by Crippen LogP contribution is 2.14. The summed E-state index contributed by atoms with van der Waals surface area (Å²) in [6.45, 7) is 4.41. The normalized spacial score (nSPS) is 12.8. The molecule has 0 aliphatic carbocycles. The number of hydrogen-bond donors (Lipinski definition) is 1. The molecule has 0 spiro atoms. The van der Waals surface area contributed by atoms with E-state index in [0.29, 0.717) is 6.04 Å². The predicted octanol–water partition coefficient (Wildman–Crippen LogP) is 3.27. The molecule has 0 aliphatic heterocycles. The van der Waals surface area contributed by atoms with Gasteiger partial charge in [0, 0.05) is 10.9 Å². The smallest absolute Gasteiger partial charge is 0.0307 e. The average Bonchev–Trinajstić information content (AvgIpc) is 2.17. The Morgan fingerprint density at radius 2 is 2.38 bits per heavy atom. The first-order valence-corrected chi connectivity index (χ1v) is 5.53. The highest BCUT2D eigenvalue weighted by molar-refractivity contribution is 7.97. The van der Waals surface area contributed by atoms with Crippen LogP contribution in [0.4, 0.5) is 0 Å². The zero-order valence-corrected chi connectivity index (χ0v) is 9.03. The molecule has 1 nitrogen and oxygen atoms in total. The summed E-state index contributed by atoms with van der Waals surface area (Å²) in [5.74, 6) is 0. The lowest BCUT2D eigenvalue weighted by atomic mass is 10.2. The van der Waals surface area contributed by atoms with Crippen molar-refractivity contribution in [1.82, 2.24) is 4.72 Å². The van der Waals surface area contributed by atoms with Crippen LogP contribution in [0.15, 0.2) is 29.2 Å². The van der Waals surface area contributed by atoms with E-state index in [1.54, 1.807) is 11.9 Å². The summed E-state index contributed by atoms with van der Waals surface area (Å²) >= 11 is 1.66. The maximum atomic E-state index is 3.39. The van der Waals surface area contributed by atoms with Crippen LogP contribution in [0.3, 0.4) is 0 Å². The van der Waals surface area contributed by atoms with Crippen LogP contribution in [0.5, 0.6) is 0 Å². The van der Waals surface area contributed by atoms with Crippen LogP contribution in [0, 0.1) is 6.07 Å². The van der Waals surface area contributed by atoms with Gasteiger partial charge in [-0.1, -0.05) is 31.5 Å². The summed E-state index contributed by atoms with van der Waals surface area (Å²) in [6, 6.07) is 11.8. The van der Waals surface area contributed by atoms with Gasteiger partial charge in [-0.05, 0) is 37.4 Å². The van der Waals surface area contributed by atoms with Gasteiger partial charge in [0.1, 0.15) is 0 Å². The lowest BCUT2D eigenvalue weighted by molar-refractivity contribution is 0.617. The molecule has 1 N–H and O–H groups in total. The van der Waals surface area contributed by atoms with Crippen LogP contribution in [0.2, 0.25) is 0 Å². The monoisotopic (exact) mass is 194 g/mol. The lowest BCUT2D eigenvalue weighted by Gasteiger charge is -2.10. The molecule has 1 atom stereocenters. The molecule has 71 valence electrons. The summed E-state index contributed by atoms with van der Waals surface area (Å²) in [5, 5.41) is 0. The third-order valence-electron chi connectivity index (χ3n) is 1.77. The molecule has 2 heteroatoms. The van der Waals surface area contributed by atoms with Crippen LogP contribution < -0.4 is 4.72 Å². The molecule has 1 radical (unpaired) electrons. The Hall–Kier alpha value is -0.470. The number of benzene rings is 1. The van der Waals surface area contributed by atoms with Gasteiger partial charge in [0.25, 0.3) is 0 Å². The quantitative estimate of drug-likeness (QED) is 0.722. The van der Waals surface area contributed by atoms with E-state index in [-0.39, 0.29) is 0 Å². The van der Waals surface area contributed by atoms with Crippen molar-refractivity contribution in [2.24, 2.45) is 0 Å². The van der Waals surface area contributed by atoms with Gasteiger partial charge in [-0.25, -0.2) is 0 Å². The molecule has 0 aromatic heterocycles. The zero-order valence-electron chi connectivity index (χ0n) is 8.21. The van der Waals surface area contributed by atoms with Gasteiger partial charge < -0.3 is 0 Å². The Morgan fingerprint density at radius 1 is 1.54 bits per heavy atom. The minimum absolute atomic E-state index is 0.573. The second kappa shape index (κ2) is 6.06. The van der Waals surface area contributed by atoms with Gasteiger partial charge in [-0.2, -0.15) is 0 Å². The summed E-state index contributed by atoms with van der Waals surface area (Å²) in [7, 11) is 0. The topological polar surface area (TPSA) is 12.0 Å². The van der Waals surface area contributed by atoms with E-state index in [4.69, 9.17) is 0 Å². The Morgan fingerprint density at radius 3 is 3.00 bits per heavy atom. The first-order chi connectivity index (χ1) is 6.33.